The second kappa shape index (κ2) is 12.6. The van der Waals surface area contributed by atoms with Crippen molar-refractivity contribution in [2.24, 2.45) is 4.99 Å². The molecular weight excluding hydrogens is 675 g/mol. The van der Waals surface area contributed by atoms with Crippen LogP contribution in [0.5, 0.6) is 11.5 Å². The molecule has 1 aromatic heterocycles. The van der Waals surface area contributed by atoms with Gasteiger partial charge in [-0.3, -0.25) is 9.36 Å². The molecule has 0 amide bonds. The van der Waals surface area contributed by atoms with E-state index in [-0.39, 0.29) is 12.2 Å². The molecule has 5 rings (SSSR count). The van der Waals surface area contributed by atoms with Gasteiger partial charge >= 0.3 is 5.97 Å². The van der Waals surface area contributed by atoms with E-state index in [2.05, 4.69) is 22.6 Å². The monoisotopic (exact) mass is 700 g/mol. The van der Waals surface area contributed by atoms with Crippen LogP contribution in [0.4, 0.5) is 0 Å². The number of halogens is 2. The molecule has 1 aliphatic heterocycles. The Labute approximate surface area is 259 Å². The van der Waals surface area contributed by atoms with Crippen molar-refractivity contribution >= 4 is 57.6 Å². The van der Waals surface area contributed by atoms with E-state index in [1.54, 1.807) is 17.8 Å². The second-order valence-corrected chi connectivity index (χ2v) is 11.8. The maximum absolute atomic E-state index is 14.0. The Morgan fingerprint density at radius 2 is 1.85 bits per heavy atom. The third kappa shape index (κ3) is 5.98. The summed E-state index contributed by atoms with van der Waals surface area (Å²) in [6, 6.07) is 20.0. The molecule has 41 heavy (non-hydrogen) atoms. The van der Waals surface area contributed by atoms with Crippen molar-refractivity contribution in [3.05, 3.63) is 123 Å². The van der Waals surface area contributed by atoms with Gasteiger partial charge in [-0.2, -0.15) is 0 Å². The number of hydrogen-bond donors (Lipinski definition) is 0. The molecule has 0 spiro atoms. The Kier molecular flexibility index (Phi) is 8.96. The summed E-state index contributed by atoms with van der Waals surface area (Å²) in [5, 5.41) is 0.645. The number of methoxy groups -OCH3 is 2. The minimum absolute atomic E-state index is 0.263. The fraction of sp³-hybridized carbons (Fsp3) is 0.194. The van der Waals surface area contributed by atoms with Gasteiger partial charge in [-0.15, -0.1) is 0 Å². The van der Waals surface area contributed by atoms with Crippen LogP contribution < -0.4 is 24.4 Å². The van der Waals surface area contributed by atoms with Gasteiger partial charge in [-0.1, -0.05) is 72.3 Å². The molecule has 0 unspecified atom stereocenters. The first-order chi connectivity index (χ1) is 19.8. The van der Waals surface area contributed by atoms with Crippen LogP contribution >= 0.6 is 45.5 Å². The highest BCUT2D eigenvalue weighted by atomic mass is 127. The number of carbonyl (C=O) groups is 1. The van der Waals surface area contributed by atoms with Gasteiger partial charge in [0.1, 0.15) is 6.61 Å². The highest BCUT2D eigenvalue weighted by Gasteiger charge is 2.33. The number of benzene rings is 3. The van der Waals surface area contributed by atoms with Crippen LogP contribution in [0, 0.1) is 3.57 Å². The third-order valence-electron chi connectivity index (χ3n) is 6.62. The van der Waals surface area contributed by atoms with E-state index in [1.165, 1.54) is 18.4 Å². The van der Waals surface area contributed by atoms with Crippen molar-refractivity contribution < 1.29 is 19.0 Å². The van der Waals surface area contributed by atoms with E-state index in [0.29, 0.717) is 49.1 Å². The fourth-order valence-corrected chi connectivity index (χ4v) is 6.45. The van der Waals surface area contributed by atoms with Crippen LogP contribution in [-0.4, -0.2) is 24.8 Å². The first-order valence-corrected chi connectivity index (χ1v) is 15.0. The summed E-state index contributed by atoms with van der Waals surface area (Å²) in [4.78, 5) is 32.3. The molecule has 2 heterocycles. The number of aromatic nitrogens is 1. The van der Waals surface area contributed by atoms with E-state index in [0.717, 1.165) is 14.7 Å². The molecule has 0 saturated carbocycles. The lowest BCUT2D eigenvalue weighted by atomic mass is 9.95. The molecule has 3 aromatic carbocycles. The van der Waals surface area contributed by atoms with Gasteiger partial charge in [0.15, 0.2) is 16.3 Å². The normalized spacial score (nSPS) is 14.9. The highest BCUT2D eigenvalue weighted by molar-refractivity contribution is 14.1. The molecule has 210 valence electrons. The number of nitrogens with zero attached hydrogens (tertiary/aromatic N) is 2. The molecular formula is C31H26ClIN2O5S. The Bertz CT molecular complexity index is 1810. The molecule has 0 N–H and O–H groups in total. The van der Waals surface area contributed by atoms with Crippen LogP contribution in [0.3, 0.4) is 0 Å². The zero-order valence-corrected chi connectivity index (χ0v) is 26.2. The molecule has 4 aromatic rings. The average Bonchev–Trinajstić information content (AvgIpc) is 3.30. The minimum Gasteiger partial charge on any atom is -0.493 e. The summed E-state index contributed by atoms with van der Waals surface area (Å²) in [6.07, 6.45) is 2.30. The fourth-order valence-electron chi connectivity index (χ4n) is 4.69. The SMILES string of the molecule is CCC1=C(C(=O)OC)[C@@H](c2ccccc2)n2c(s/c(=C/c3cc(I)cc(OC)c3OCc3ccc(Cl)cc3)c2=O)=N1. The first kappa shape index (κ1) is 29.1. The maximum Gasteiger partial charge on any atom is 0.338 e. The van der Waals surface area contributed by atoms with Gasteiger partial charge in [0.2, 0.25) is 0 Å². The number of rotatable bonds is 8. The zero-order chi connectivity index (χ0) is 29.1. The highest BCUT2D eigenvalue weighted by Crippen LogP contribution is 2.35. The van der Waals surface area contributed by atoms with E-state index in [9.17, 15) is 9.59 Å². The summed E-state index contributed by atoms with van der Waals surface area (Å²) in [7, 11) is 2.92. The van der Waals surface area contributed by atoms with Crippen molar-refractivity contribution in [3.63, 3.8) is 0 Å². The first-order valence-electron chi connectivity index (χ1n) is 12.8. The lowest BCUT2D eigenvalue weighted by Crippen LogP contribution is -2.40. The molecule has 0 radical (unpaired) electrons. The molecule has 1 aliphatic rings. The lowest BCUT2D eigenvalue weighted by Gasteiger charge is -2.25. The van der Waals surface area contributed by atoms with Crippen molar-refractivity contribution in [2.75, 3.05) is 14.2 Å². The summed E-state index contributed by atoms with van der Waals surface area (Å²) >= 11 is 9.51. The van der Waals surface area contributed by atoms with Crippen LogP contribution in [0.2, 0.25) is 5.02 Å². The summed E-state index contributed by atoms with van der Waals surface area (Å²) < 4.78 is 20.0. The standard InChI is InChI=1S/C31H26ClIN2O5S/c1-4-23-26(30(37)39-3)27(19-8-6-5-7-9-19)35-29(36)25(41-31(35)34-23)15-20-14-22(33)16-24(38-2)28(20)40-17-18-10-12-21(32)13-11-18/h5-16,27H,4,17H2,1-3H3/b25-15+/t27-/m1/s1. The molecule has 7 nitrogen and oxygen atoms in total. The molecule has 10 heteroatoms. The molecule has 1 atom stereocenters. The molecule has 0 bridgehead atoms. The third-order valence-corrected chi connectivity index (χ3v) is 8.47. The largest absolute Gasteiger partial charge is 0.493 e. The van der Waals surface area contributed by atoms with E-state index >= 15 is 0 Å². The predicted octanol–water partition coefficient (Wildman–Crippen LogP) is 5.64. The molecule has 0 fully saturated rings. The molecule has 0 aliphatic carbocycles. The van der Waals surface area contributed by atoms with Gasteiger partial charge in [-0.05, 0) is 70.5 Å². The number of carbonyl (C=O) groups excluding carboxylic acids is 1. The van der Waals surface area contributed by atoms with E-state index in [4.69, 9.17) is 30.8 Å². The van der Waals surface area contributed by atoms with Crippen molar-refractivity contribution in [1.82, 2.24) is 4.57 Å². The minimum atomic E-state index is -0.664. The zero-order valence-electron chi connectivity index (χ0n) is 22.5. The number of fused-ring (bicyclic) bond motifs is 1. The Balaban J connectivity index is 1.67. The van der Waals surface area contributed by atoms with Gasteiger partial charge < -0.3 is 14.2 Å². The van der Waals surface area contributed by atoms with Crippen LogP contribution in [0.15, 0.2) is 87.8 Å². The van der Waals surface area contributed by atoms with Crippen molar-refractivity contribution in [3.8, 4) is 11.5 Å². The number of esters is 1. The van der Waals surface area contributed by atoms with Crippen LogP contribution in [0.25, 0.3) is 6.08 Å². The van der Waals surface area contributed by atoms with E-state index < -0.39 is 12.0 Å². The van der Waals surface area contributed by atoms with Gasteiger partial charge in [0.05, 0.1) is 36.1 Å². The smallest absolute Gasteiger partial charge is 0.338 e. The Morgan fingerprint density at radius 1 is 1.12 bits per heavy atom. The second-order valence-electron chi connectivity index (χ2n) is 9.14. The quantitative estimate of drug-likeness (QED) is 0.176. The number of ether oxygens (including phenoxy) is 3. The van der Waals surface area contributed by atoms with Gasteiger partial charge in [-0.25, -0.2) is 9.79 Å². The van der Waals surface area contributed by atoms with Crippen molar-refractivity contribution in [1.29, 1.82) is 0 Å². The van der Waals surface area contributed by atoms with Crippen LogP contribution in [0.1, 0.15) is 36.1 Å². The maximum atomic E-state index is 14.0. The Hall–Kier alpha value is -3.41. The average molecular weight is 701 g/mol. The number of hydrogen-bond acceptors (Lipinski definition) is 7. The summed E-state index contributed by atoms with van der Waals surface area (Å²) in [6.45, 7) is 2.22. The number of thiazole rings is 1. The van der Waals surface area contributed by atoms with Gasteiger partial charge in [0.25, 0.3) is 5.56 Å². The summed E-state index contributed by atoms with van der Waals surface area (Å²) in [5.41, 5.74) is 3.12. The van der Waals surface area contributed by atoms with Crippen molar-refractivity contribution in [2.45, 2.75) is 26.0 Å². The topological polar surface area (TPSA) is 79.1 Å². The molecule has 0 saturated heterocycles. The number of allylic oxidation sites excluding steroid dienone is 1. The predicted molar refractivity (Wildman–Crippen MR) is 168 cm³/mol. The Morgan fingerprint density at radius 3 is 2.51 bits per heavy atom. The van der Waals surface area contributed by atoms with Gasteiger partial charge in [0, 0.05) is 14.2 Å². The van der Waals surface area contributed by atoms with E-state index in [1.807, 2.05) is 73.7 Å². The van der Waals surface area contributed by atoms with Crippen LogP contribution in [-0.2, 0) is 16.1 Å². The summed E-state index contributed by atoms with van der Waals surface area (Å²) in [5.74, 6) is 0.556. The lowest BCUT2D eigenvalue weighted by molar-refractivity contribution is -0.136.